The Kier molecular flexibility index (Phi) is 4.61. The highest BCUT2D eigenvalue weighted by Crippen LogP contribution is 2.23. The minimum atomic E-state index is -4.33. The van der Waals surface area contributed by atoms with Crippen molar-refractivity contribution in [3.63, 3.8) is 0 Å². The van der Waals surface area contributed by atoms with Crippen LogP contribution in [0.3, 0.4) is 0 Å². The number of hydrogen-bond donors (Lipinski definition) is 2. The Morgan fingerprint density at radius 1 is 0.682 bits per heavy atom. The van der Waals surface area contributed by atoms with Crippen LogP contribution in [0, 0.1) is 0 Å². The molecule has 0 unspecified atom stereocenters. The van der Waals surface area contributed by atoms with E-state index >= 15 is 0 Å². The van der Waals surface area contributed by atoms with Crippen LogP contribution >= 0.6 is 0 Å². The minimum Gasteiger partial charge on any atom is -0.606 e. The molecule has 0 aliphatic carbocycles. The minimum absolute atomic E-state index is 0.270. The first-order chi connectivity index (χ1) is 10.1. The van der Waals surface area contributed by atoms with Crippen LogP contribution in [-0.2, 0) is 31.4 Å². The van der Waals surface area contributed by atoms with Crippen LogP contribution in [-0.4, -0.2) is 30.5 Å². The average molecular weight is 362 g/mol. The van der Waals surface area contributed by atoms with Gasteiger partial charge in [-0.2, -0.15) is 16.8 Å². The van der Waals surface area contributed by atoms with Crippen LogP contribution in [0.2, 0.25) is 0 Å². The summed E-state index contributed by atoms with van der Waals surface area (Å²) >= 11 is -1.67. The second kappa shape index (κ2) is 5.99. The molecule has 2 aromatic carbocycles. The molecule has 0 spiro atoms. The Hall–Kier alpha value is -1.43. The summed E-state index contributed by atoms with van der Waals surface area (Å²) in [7, 11) is -8.65. The van der Waals surface area contributed by atoms with Gasteiger partial charge in [-0.05, 0) is 48.5 Å². The Morgan fingerprint density at radius 3 is 1.18 bits per heavy atom. The monoisotopic (exact) mass is 362 g/mol. The molecular formula is C12H10O7S3. The maximum absolute atomic E-state index is 12.3. The van der Waals surface area contributed by atoms with Crippen molar-refractivity contribution in [2.24, 2.45) is 0 Å². The van der Waals surface area contributed by atoms with Gasteiger partial charge >= 0.3 is 0 Å². The lowest BCUT2D eigenvalue weighted by atomic mass is 10.4. The lowest BCUT2D eigenvalue weighted by molar-refractivity contribution is 0.481. The molecule has 10 heteroatoms. The molecular weight excluding hydrogens is 352 g/mol. The normalized spacial score (nSPS) is 12.5. The Labute approximate surface area is 130 Å². The fourth-order valence-corrected chi connectivity index (χ4v) is 3.61. The number of rotatable bonds is 4. The van der Waals surface area contributed by atoms with Gasteiger partial charge in [-0.25, -0.2) is 0 Å². The first kappa shape index (κ1) is 16.9. The van der Waals surface area contributed by atoms with Crippen molar-refractivity contribution in [3.8, 4) is 0 Å². The van der Waals surface area contributed by atoms with Crippen LogP contribution in [0.1, 0.15) is 0 Å². The third kappa shape index (κ3) is 3.85. The van der Waals surface area contributed by atoms with Gasteiger partial charge in [-0.3, -0.25) is 9.11 Å². The highest BCUT2D eigenvalue weighted by molar-refractivity contribution is 7.91. The highest BCUT2D eigenvalue weighted by atomic mass is 32.2. The van der Waals surface area contributed by atoms with Crippen molar-refractivity contribution in [2.75, 3.05) is 0 Å². The SMILES string of the molecule is O=S(=O)(O)c1ccc([S+]([O-])c2ccc(S(=O)(=O)O)cc2)cc1. The maximum atomic E-state index is 12.3. The van der Waals surface area contributed by atoms with Gasteiger partial charge in [-0.1, -0.05) is 0 Å². The molecule has 0 fully saturated rings. The molecule has 0 aliphatic heterocycles. The first-order valence-electron chi connectivity index (χ1n) is 5.66. The van der Waals surface area contributed by atoms with Crippen molar-refractivity contribution in [1.29, 1.82) is 0 Å². The summed E-state index contributed by atoms with van der Waals surface area (Å²) < 4.78 is 73.6. The summed E-state index contributed by atoms with van der Waals surface area (Å²) in [6.45, 7) is 0. The van der Waals surface area contributed by atoms with Gasteiger partial charge in [0, 0.05) is 11.2 Å². The van der Waals surface area contributed by atoms with Crippen LogP contribution in [0.4, 0.5) is 0 Å². The fourth-order valence-electron chi connectivity index (χ4n) is 1.61. The third-order valence-corrected chi connectivity index (χ3v) is 5.81. The van der Waals surface area contributed by atoms with Gasteiger partial charge in [0.1, 0.15) is 0 Å². The molecule has 0 aliphatic rings. The molecule has 7 nitrogen and oxygen atoms in total. The number of benzene rings is 2. The zero-order valence-corrected chi connectivity index (χ0v) is 13.2. The third-order valence-electron chi connectivity index (χ3n) is 2.67. The molecule has 118 valence electrons. The molecule has 0 bridgehead atoms. The van der Waals surface area contributed by atoms with Gasteiger partial charge in [0.15, 0.2) is 9.79 Å². The van der Waals surface area contributed by atoms with E-state index in [9.17, 15) is 21.4 Å². The van der Waals surface area contributed by atoms with Gasteiger partial charge in [0.25, 0.3) is 20.2 Å². The predicted molar refractivity (Wildman–Crippen MR) is 77.2 cm³/mol. The van der Waals surface area contributed by atoms with Crippen molar-refractivity contribution in [1.82, 2.24) is 0 Å². The van der Waals surface area contributed by atoms with Crippen LogP contribution in [0.15, 0.2) is 68.1 Å². The average Bonchev–Trinajstić information content (AvgIpc) is 2.45. The van der Waals surface area contributed by atoms with Crippen molar-refractivity contribution < 1.29 is 30.5 Å². The molecule has 0 saturated heterocycles. The first-order valence-corrected chi connectivity index (χ1v) is 9.69. The van der Waals surface area contributed by atoms with E-state index in [0.717, 1.165) is 24.3 Å². The van der Waals surface area contributed by atoms with Gasteiger partial charge < -0.3 is 4.55 Å². The topological polar surface area (TPSA) is 132 Å². The predicted octanol–water partition coefficient (Wildman–Crippen LogP) is 1.35. The molecule has 2 N–H and O–H groups in total. The quantitative estimate of drug-likeness (QED) is 0.619. The summed E-state index contributed by atoms with van der Waals surface area (Å²) in [5, 5.41) is 0. The van der Waals surface area contributed by atoms with E-state index in [2.05, 4.69) is 0 Å². The van der Waals surface area contributed by atoms with E-state index in [0.29, 0.717) is 0 Å². The highest BCUT2D eigenvalue weighted by Gasteiger charge is 2.18. The molecule has 0 radical (unpaired) electrons. The smallest absolute Gasteiger partial charge is 0.294 e. The summed E-state index contributed by atoms with van der Waals surface area (Å²) in [6, 6.07) is 9.52. The molecule has 0 atom stereocenters. The van der Waals surface area contributed by atoms with Crippen molar-refractivity contribution in [2.45, 2.75) is 19.6 Å². The summed E-state index contributed by atoms with van der Waals surface area (Å²) in [5.41, 5.74) is 0. The molecule has 0 amide bonds. The molecule has 22 heavy (non-hydrogen) atoms. The van der Waals surface area contributed by atoms with Gasteiger partial charge in [-0.15, -0.1) is 0 Å². The number of hydrogen-bond acceptors (Lipinski definition) is 5. The zero-order valence-electron chi connectivity index (χ0n) is 10.8. The lowest BCUT2D eigenvalue weighted by Gasteiger charge is -2.10. The summed E-state index contributed by atoms with van der Waals surface area (Å²) in [5.74, 6) is 0. The van der Waals surface area contributed by atoms with E-state index in [4.69, 9.17) is 9.11 Å². The van der Waals surface area contributed by atoms with E-state index < -0.39 is 31.4 Å². The molecule has 0 saturated carbocycles. The Bertz CT molecular complexity index is 794. The zero-order chi connectivity index (χ0) is 16.5. The standard InChI is InChI=1S/C12H10O7S3/c13-20(9-1-5-11(6-2-9)21(14,15)16)10-3-7-12(8-4-10)22(17,18)19/h1-8H,(H,14,15,16)(H,17,18,19). The van der Waals surface area contributed by atoms with Crippen LogP contribution < -0.4 is 0 Å². The largest absolute Gasteiger partial charge is 0.606 e. The second-order valence-electron chi connectivity index (χ2n) is 4.16. The summed E-state index contributed by atoms with van der Waals surface area (Å²) in [4.78, 5) is -0.107. The van der Waals surface area contributed by atoms with E-state index in [1.165, 1.54) is 24.3 Å². The Balaban J connectivity index is 2.30. The molecule has 2 rings (SSSR count). The Morgan fingerprint density at radius 2 is 0.955 bits per heavy atom. The van der Waals surface area contributed by atoms with Gasteiger partial charge in [0.05, 0.1) is 9.79 Å². The lowest BCUT2D eigenvalue weighted by Crippen LogP contribution is -2.04. The second-order valence-corrected chi connectivity index (χ2v) is 8.49. The maximum Gasteiger partial charge on any atom is 0.294 e. The van der Waals surface area contributed by atoms with Crippen molar-refractivity contribution >= 4 is 31.4 Å². The molecule has 0 heterocycles. The fraction of sp³-hybridized carbons (Fsp3) is 0. The molecule has 2 aromatic rings. The van der Waals surface area contributed by atoms with E-state index in [1.54, 1.807) is 0 Å². The van der Waals surface area contributed by atoms with Crippen molar-refractivity contribution in [3.05, 3.63) is 48.5 Å². The van der Waals surface area contributed by atoms with Gasteiger partial charge in [0.2, 0.25) is 0 Å². The van der Waals surface area contributed by atoms with Crippen LogP contribution in [0.5, 0.6) is 0 Å². The summed E-state index contributed by atoms with van der Waals surface area (Å²) in [6.07, 6.45) is 0. The van der Waals surface area contributed by atoms with Crippen LogP contribution in [0.25, 0.3) is 0 Å². The van der Waals surface area contributed by atoms with E-state index in [-0.39, 0.29) is 19.6 Å². The van der Waals surface area contributed by atoms with E-state index in [1.807, 2.05) is 0 Å². The molecule has 0 aromatic heterocycles.